The minimum atomic E-state index is -0.602. The van der Waals surface area contributed by atoms with Crippen molar-refractivity contribution in [2.75, 3.05) is 32.7 Å². The molecule has 2 aliphatic heterocycles. The van der Waals surface area contributed by atoms with Crippen LogP contribution >= 0.6 is 0 Å². The molecule has 1 fully saturated rings. The van der Waals surface area contributed by atoms with Crippen LogP contribution in [0.4, 0.5) is 4.79 Å². The van der Waals surface area contributed by atoms with Crippen LogP contribution in [0.15, 0.2) is 18.3 Å². The Kier molecular flexibility index (Phi) is 5.17. The molecule has 27 heavy (non-hydrogen) atoms. The molecule has 8 heteroatoms. The van der Waals surface area contributed by atoms with Crippen LogP contribution in [0.2, 0.25) is 0 Å². The summed E-state index contributed by atoms with van der Waals surface area (Å²) in [4.78, 5) is 42.1. The molecule has 8 nitrogen and oxygen atoms in total. The van der Waals surface area contributed by atoms with Gasteiger partial charge in [-0.25, -0.2) is 4.79 Å². The SMILES string of the molecule is C[C@H]1c2cccn2CCN1C(=O)CN1CCN(C(=O)OC(C)(C)C)CC1=O. The Morgan fingerprint density at radius 2 is 1.93 bits per heavy atom. The van der Waals surface area contributed by atoms with Gasteiger partial charge in [0.1, 0.15) is 12.1 Å². The monoisotopic (exact) mass is 376 g/mol. The van der Waals surface area contributed by atoms with Crippen molar-refractivity contribution in [1.29, 1.82) is 0 Å². The number of ether oxygens (including phenoxy) is 1. The first-order valence-corrected chi connectivity index (χ1v) is 9.36. The number of hydrogen-bond acceptors (Lipinski definition) is 4. The van der Waals surface area contributed by atoms with E-state index in [0.717, 1.165) is 12.2 Å². The summed E-state index contributed by atoms with van der Waals surface area (Å²) in [6, 6.07) is 3.99. The fourth-order valence-corrected chi connectivity index (χ4v) is 3.53. The van der Waals surface area contributed by atoms with Crippen molar-refractivity contribution in [2.45, 2.75) is 45.9 Å². The van der Waals surface area contributed by atoms with E-state index < -0.39 is 11.7 Å². The molecule has 0 aromatic carbocycles. The summed E-state index contributed by atoms with van der Waals surface area (Å²) >= 11 is 0. The zero-order valence-corrected chi connectivity index (χ0v) is 16.5. The normalized spacial score (nSPS) is 20.5. The molecule has 1 aromatic heterocycles. The third kappa shape index (κ3) is 4.26. The van der Waals surface area contributed by atoms with Crippen molar-refractivity contribution in [3.05, 3.63) is 24.0 Å². The molecule has 0 spiro atoms. The van der Waals surface area contributed by atoms with Gasteiger partial charge in [-0.15, -0.1) is 0 Å². The van der Waals surface area contributed by atoms with Crippen LogP contribution in [0.5, 0.6) is 0 Å². The highest BCUT2D eigenvalue weighted by Gasteiger charge is 2.33. The molecule has 0 N–H and O–H groups in total. The van der Waals surface area contributed by atoms with Crippen LogP contribution in [0.1, 0.15) is 39.4 Å². The molecular formula is C19H28N4O4. The molecule has 2 aliphatic rings. The number of rotatable bonds is 2. The smallest absolute Gasteiger partial charge is 0.410 e. The lowest BCUT2D eigenvalue weighted by Gasteiger charge is -2.38. The van der Waals surface area contributed by atoms with Crippen LogP contribution in [0, 0.1) is 0 Å². The van der Waals surface area contributed by atoms with Gasteiger partial charge in [-0.05, 0) is 39.8 Å². The third-order valence-corrected chi connectivity index (χ3v) is 4.96. The molecule has 1 saturated heterocycles. The summed E-state index contributed by atoms with van der Waals surface area (Å²) in [7, 11) is 0. The van der Waals surface area contributed by atoms with E-state index in [1.165, 1.54) is 9.80 Å². The standard InChI is InChI=1S/C19H28N4O4/c1-14-15-6-5-7-20(15)10-11-23(14)17(25)13-21-8-9-22(12-16(21)24)18(26)27-19(2,3)4/h5-7,14H,8-13H2,1-4H3/t14-/m0/s1. The molecule has 3 heterocycles. The van der Waals surface area contributed by atoms with Gasteiger partial charge < -0.3 is 19.1 Å². The highest BCUT2D eigenvalue weighted by molar-refractivity contribution is 5.88. The molecular weight excluding hydrogens is 348 g/mol. The number of fused-ring (bicyclic) bond motifs is 1. The Labute approximate surface area is 159 Å². The molecule has 1 atom stereocenters. The maximum Gasteiger partial charge on any atom is 0.410 e. The Morgan fingerprint density at radius 3 is 2.59 bits per heavy atom. The number of hydrogen-bond donors (Lipinski definition) is 0. The first kappa shape index (κ1) is 19.3. The molecule has 0 saturated carbocycles. The molecule has 0 bridgehead atoms. The third-order valence-electron chi connectivity index (χ3n) is 4.96. The quantitative estimate of drug-likeness (QED) is 0.783. The highest BCUT2D eigenvalue weighted by Crippen LogP contribution is 2.25. The van der Waals surface area contributed by atoms with Crippen LogP contribution in [-0.4, -0.2) is 75.5 Å². The maximum atomic E-state index is 12.8. The van der Waals surface area contributed by atoms with E-state index in [1.54, 1.807) is 20.8 Å². The van der Waals surface area contributed by atoms with Gasteiger partial charge in [0, 0.05) is 38.1 Å². The Hall–Kier alpha value is -2.51. The predicted molar refractivity (Wildman–Crippen MR) is 98.9 cm³/mol. The van der Waals surface area contributed by atoms with Crippen molar-refractivity contribution in [2.24, 2.45) is 0 Å². The van der Waals surface area contributed by atoms with Gasteiger partial charge in [-0.3, -0.25) is 14.5 Å². The number of amides is 3. The topological polar surface area (TPSA) is 75.1 Å². The van der Waals surface area contributed by atoms with Crippen molar-refractivity contribution >= 4 is 17.9 Å². The fourth-order valence-electron chi connectivity index (χ4n) is 3.53. The summed E-state index contributed by atoms with van der Waals surface area (Å²) in [5, 5.41) is 0. The molecule has 3 amide bonds. The lowest BCUT2D eigenvalue weighted by Crippen LogP contribution is -2.56. The van der Waals surface area contributed by atoms with Crippen molar-refractivity contribution < 1.29 is 19.1 Å². The molecule has 0 unspecified atom stereocenters. The first-order chi connectivity index (χ1) is 12.7. The second-order valence-electron chi connectivity index (χ2n) is 8.11. The van der Waals surface area contributed by atoms with Gasteiger partial charge in [0.2, 0.25) is 11.8 Å². The summed E-state index contributed by atoms with van der Waals surface area (Å²) in [5.74, 6) is -0.289. The number of nitrogens with zero attached hydrogens (tertiary/aromatic N) is 4. The predicted octanol–water partition coefficient (Wildman–Crippen LogP) is 1.47. The Bertz CT molecular complexity index is 736. The minimum absolute atomic E-state index is 0.0144. The number of carbonyl (C=O) groups is 3. The van der Waals surface area contributed by atoms with E-state index in [0.29, 0.717) is 19.6 Å². The van der Waals surface area contributed by atoms with Gasteiger partial charge >= 0.3 is 6.09 Å². The Morgan fingerprint density at radius 1 is 1.19 bits per heavy atom. The van der Waals surface area contributed by atoms with Crippen molar-refractivity contribution in [3.8, 4) is 0 Å². The highest BCUT2D eigenvalue weighted by atomic mass is 16.6. The van der Waals surface area contributed by atoms with E-state index in [-0.39, 0.29) is 30.9 Å². The van der Waals surface area contributed by atoms with E-state index in [4.69, 9.17) is 4.74 Å². The second-order valence-corrected chi connectivity index (χ2v) is 8.11. The summed E-state index contributed by atoms with van der Waals surface area (Å²) in [6.07, 6.45) is 1.53. The lowest BCUT2D eigenvalue weighted by molar-refractivity contribution is -0.145. The van der Waals surface area contributed by atoms with Crippen LogP contribution in [-0.2, 0) is 20.9 Å². The minimum Gasteiger partial charge on any atom is -0.444 e. The van der Waals surface area contributed by atoms with E-state index in [9.17, 15) is 14.4 Å². The summed E-state index contributed by atoms with van der Waals surface area (Å²) in [6.45, 7) is 9.46. The number of piperazine rings is 1. The van der Waals surface area contributed by atoms with Crippen LogP contribution < -0.4 is 0 Å². The number of carbonyl (C=O) groups excluding carboxylic acids is 3. The zero-order valence-electron chi connectivity index (χ0n) is 16.5. The van der Waals surface area contributed by atoms with E-state index >= 15 is 0 Å². The summed E-state index contributed by atoms with van der Waals surface area (Å²) in [5.41, 5.74) is 0.505. The van der Waals surface area contributed by atoms with Gasteiger partial charge in [0.15, 0.2) is 0 Å². The molecule has 1 aromatic rings. The average Bonchev–Trinajstić information content (AvgIpc) is 3.05. The molecule has 0 radical (unpaired) electrons. The van der Waals surface area contributed by atoms with Crippen LogP contribution in [0.25, 0.3) is 0 Å². The molecule has 148 valence electrons. The Balaban J connectivity index is 1.56. The van der Waals surface area contributed by atoms with Gasteiger partial charge in [-0.2, -0.15) is 0 Å². The number of aromatic nitrogens is 1. The zero-order chi connectivity index (χ0) is 19.8. The van der Waals surface area contributed by atoms with E-state index in [1.807, 2.05) is 30.2 Å². The van der Waals surface area contributed by atoms with Crippen molar-refractivity contribution in [3.63, 3.8) is 0 Å². The van der Waals surface area contributed by atoms with E-state index in [2.05, 4.69) is 4.57 Å². The second kappa shape index (κ2) is 7.25. The van der Waals surface area contributed by atoms with Gasteiger partial charge in [-0.1, -0.05) is 0 Å². The van der Waals surface area contributed by atoms with Gasteiger partial charge in [0.05, 0.1) is 12.6 Å². The maximum absolute atomic E-state index is 12.8. The van der Waals surface area contributed by atoms with Crippen molar-refractivity contribution in [1.82, 2.24) is 19.3 Å². The molecule has 3 rings (SSSR count). The summed E-state index contributed by atoms with van der Waals surface area (Å²) < 4.78 is 7.47. The fraction of sp³-hybridized carbons (Fsp3) is 0.632. The average molecular weight is 376 g/mol. The van der Waals surface area contributed by atoms with Gasteiger partial charge in [0.25, 0.3) is 0 Å². The lowest BCUT2D eigenvalue weighted by atomic mass is 10.1. The van der Waals surface area contributed by atoms with Crippen LogP contribution in [0.3, 0.4) is 0 Å². The largest absolute Gasteiger partial charge is 0.444 e. The molecule has 0 aliphatic carbocycles. The first-order valence-electron chi connectivity index (χ1n) is 9.36.